The number of nitrogens with zero attached hydrogens (tertiary/aromatic N) is 4. The van der Waals surface area contributed by atoms with E-state index in [1.807, 2.05) is 62.5 Å². The molecule has 4 rings (SSSR count). The molecule has 0 saturated carbocycles. The molecule has 0 aliphatic rings. The number of hydrogen-bond acceptors (Lipinski definition) is 4. The van der Waals surface area contributed by atoms with Crippen LogP contribution < -0.4 is 0 Å². The summed E-state index contributed by atoms with van der Waals surface area (Å²) in [5, 5.41) is 9.36. The molecule has 0 saturated heterocycles. The van der Waals surface area contributed by atoms with Gasteiger partial charge in [-0.15, -0.1) is 0 Å². The first-order valence-corrected chi connectivity index (χ1v) is 10.3. The fourth-order valence-corrected chi connectivity index (χ4v) is 3.62. The standard InChI is InChI=1S/C24H23ClN4O2/c1-16-21(17(2)31-27-16)14-28(3)24(30)22-15-29(13-18-7-5-4-6-8-18)26-23(22)19-9-11-20(25)12-10-19/h4-12,15H,13-14H2,1-3H3. The molecule has 31 heavy (non-hydrogen) atoms. The zero-order valence-electron chi connectivity index (χ0n) is 17.7. The first-order valence-electron chi connectivity index (χ1n) is 9.97. The Hall–Kier alpha value is -3.38. The van der Waals surface area contributed by atoms with Gasteiger partial charge in [0.05, 0.1) is 24.3 Å². The molecular formula is C24H23ClN4O2. The van der Waals surface area contributed by atoms with Crippen LogP contribution in [-0.4, -0.2) is 32.8 Å². The summed E-state index contributed by atoms with van der Waals surface area (Å²) < 4.78 is 7.04. The number of aryl methyl sites for hydroxylation is 2. The minimum absolute atomic E-state index is 0.121. The monoisotopic (exact) mass is 434 g/mol. The van der Waals surface area contributed by atoms with Crippen LogP contribution in [0, 0.1) is 13.8 Å². The van der Waals surface area contributed by atoms with Crippen LogP contribution >= 0.6 is 11.6 Å². The van der Waals surface area contributed by atoms with E-state index < -0.39 is 0 Å². The first kappa shape index (κ1) is 20.9. The molecule has 2 aromatic carbocycles. The van der Waals surface area contributed by atoms with E-state index in [2.05, 4.69) is 5.16 Å². The highest BCUT2D eigenvalue weighted by Gasteiger charge is 2.23. The normalized spacial score (nSPS) is 11.0. The Balaban J connectivity index is 1.68. The predicted molar refractivity (Wildman–Crippen MR) is 120 cm³/mol. The van der Waals surface area contributed by atoms with E-state index in [9.17, 15) is 4.79 Å². The van der Waals surface area contributed by atoms with Crippen molar-refractivity contribution in [2.45, 2.75) is 26.9 Å². The molecule has 158 valence electrons. The average Bonchev–Trinajstić information content (AvgIpc) is 3.33. The van der Waals surface area contributed by atoms with Gasteiger partial charge < -0.3 is 9.42 Å². The van der Waals surface area contributed by atoms with Gasteiger partial charge in [0, 0.05) is 29.4 Å². The minimum Gasteiger partial charge on any atom is -0.361 e. The summed E-state index contributed by atoms with van der Waals surface area (Å²) in [7, 11) is 1.77. The number of aromatic nitrogens is 3. The van der Waals surface area contributed by atoms with Crippen molar-refractivity contribution < 1.29 is 9.32 Å². The van der Waals surface area contributed by atoms with Crippen molar-refractivity contribution in [3.05, 3.63) is 94.0 Å². The Morgan fingerprint density at radius 1 is 1.10 bits per heavy atom. The maximum Gasteiger partial charge on any atom is 0.257 e. The lowest BCUT2D eigenvalue weighted by Crippen LogP contribution is -2.26. The number of halogens is 1. The smallest absolute Gasteiger partial charge is 0.257 e. The van der Waals surface area contributed by atoms with Crippen LogP contribution in [0.3, 0.4) is 0 Å². The molecule has 7 heteroatoms. The van der Waals surface area contributed by atoms with Crippen molar-refractivity contribution in [2.75, 3.05) is 7.05 Å². The van der Waals surface area contributed by atoms with Gasteiger partial charge in [0.2, 0.25) is 0 Å². The van der Waals surface area contributed by atoms with Crippen LogP contribution in [-0.2, 0) is 13.1 Å². The third-order valence-corrected chi connectivity index (χ3v) is 5.47. The second-order valence-corrected chi connectivity index (χ2v) is 7.98. The lowest BCUT2D eigenvalue weighted by molar-refractivity contribution is 0.0785. The molecule has 6 nitrogen and oxygen atoms in total. The van der Waals surface area contributed by atoms with Crippen LogP contribution in [0.1, 0.15) is 32.9 Å². The van der Waals surface area contributed by atoms with Crippen LogP contribution in [0.4, 0.5) is 0 Å². The van der Waals surface area contributed by atoms with Crippen molar-refractivity contribution in [1.29, 1.82) is 0 Å². The van der Waals surface area contributed by atoms with Crippen molar-refractivity contribution in [2.24, 2.45) is 0 Å². The molecule has 2 heterocycles. The minimum atomic E-state index is -0.121. The zero-order valence-corrected chi connectivity index (χ0v) is 18.4. The molecule has 0 spiro atoms. The average molecular weight is 435 g/mol. The summed E-state index contributed by atoms with van der Waals surface area (Å²) in [6, 6.07) is 17.4. The number of amides is 1. The second kappa shape index (κ2) is 8.78. The van der Waals surface area contributed by atoms with E-state index in [0.717, 1.165) is 28.1 Å². The van der Waals surface area contributed by atoms with Crippen molar-refractivity contribution in [1.82, 2.24) is 19.8 Å². The van der Waals surface area contributed by atoms with Gasteiger partial charge in [0.1, 0.15) is 11.5 Å². The largest absolute Gasteiger partial charge is 0.361 e. The Morgan fingerprint density at radius 3 is 2.45 bits per heavy atom. The summed E-state index contributed by atoms with van der Waals surface area (Å²) in [5.41, 5.74) is 4.81. The molecule has 2 aromatic heterocycles. The number of carbonyl (C=O) groups is 1. The number of hydrogen-bond donors (Lipinski definition) is 0. The predicted octanol–water partition coefficient (Wildman–Crippen LogP) is 5.13. The maximum atomic E-state index is 13.4. The fourth-order valence-electron chi connectivity index (χ4n) is 3.49. The molecule has 0 radical (unpaired) electrons. The van der Waals surface area contributed by atoms with Crippen molar-refractivity contribution in [3.63, 3.8) is 0 Å². The number of carbonyl (C=O) groups excluding carboxylic acids is 1. The highest BCUT2D eigenvalue weighted by atomic mass is 35.5. The third-order valence-electron chi connectivity index (χ3n) is 5.22. The Labute approximate surface area is 186 Å². The highest BCUT2D eigenvalue weighted by molar-refractivity contribution is 6.30. The molecule has 0 N–H and O–H groups in total. The quantitative estimate of drug-likeness (QED) is 0.422. The molecule has 0 aliphatic heterocycles. The van der Waals surface area contributed by atoms with E-state index in [1.54, 1.807) is 28.8 Å². The van der Waals surface area contributed by atoms with Crippen molar-refractivity contribution in [3.8, 4) is 11.3 Å². The van der Waals surface area contributed by atoms with E-state index >= 15 is 0 Å². The summed E-state index contributed by atoms with van der Waals surface area (Å²) in [6.45, 7) is 4.71. The molecule has 0 fully saturated rings. The SMILES string of the molecule is Cc1noc(C)c1CN(C)C(=O)c1cn(Cc2ccccc2)nc1-c1ccc(Cl)cc1. The van der Waals surface area contributed by atoms with Crippen LogP contribution in [0.5, 0.6) is 0 Å². The molecule has 0 bridgehead atoms. The van der Waals surface area contributed by atoms with Gasteiger partial charge >= 0.3 is 0 Å². The van der Waals surface area contributed by atoms with Crippen LogP contribution in [0.15, 0.2) is 65.3 Å². The maximum absolute atomic E-state index is 13.4. The first-order chi connectivity index (χ1) is 14.9. The number of rotatable bonds is 6. The van der Waals surface area contributed by atoms with Gasteiger partial charge in [-0.3, -0.25) is 9.48 Å². The summed E-state index contributed by atoms with van der Waals surface area (Å²) in [5.74, 6) is 0.596. The Morgan fingerprint density at radius 2 is 1.81 bits per heavy atom. The lowest BCUT2D eigenvalue weighted by Gasteiger charge is -2.17. The van der Waals surface area contributed by atoms with Gasteiger partial charge in [0.25, 0.3) is 5.91 Å². The molecule has 4 aromatic rings. The van der Waals surface area contributed by atoms with E-state index in [4.69, 9.17) is 21.2 Å². The van der Waals surface area contributed by atoms with E-state index in [1.165, 1.54) is 0 Å². The third kappa shape index (κ3) is 4.54. The van der Waals surface area contributed by atoms with Crippen LogP contribution in [0.2, 0.25) is 5.02 Å². The van der Waals surface area contributed by atoms with Gasteiger partial charge in [-0.2, -0.15) is 5.10 Å². The molecule has 1 amide bonds. The molecule has 0 aliphatic carbocycles. The topological polar surface area (TPSA) is 64.2 Å². The molecule has 0 unspecified atom stereocenters. The molecule has 0 atom stereocenters. The fraction of sp³-hybridized carbons (Fsp3) is 0.208. The lowest BCUT2D eigenvalue weighted by atomic mass is 10.1. The van der Waals surface area contributed by atoms with Gasteiger partial charge in [-0.05, 0) is 31.5 Å². The van der Waals surface area contributed by atoms with Gasteiger partial charge in [-0.1, -0.05) is 59.2 Å². The summed E-state index contributed by atoms with van der Waals surface area (Å²) in [6.07, 6.45) is 1.81. The van der Waals surface area contributed by atoms with Crippen molar-refractivity contribution >= 4 is 17.5 Å². The number of benzene rings is 2. The summed E-state index contributed by atoms with van der Waals surface area (Å²) >= 11 is 6.06. The second-order valence-electron chi connectivity index (χ2n) is 7.55. The Bertz CT molecular complexity index is 1180. The van der Waals surface area contributed by atoms with Crippen LogP contribution in [0.25, 0.3) is 11.3 Å². The van der Waals surface area contributed by atoms with Gasteiger partial charge in [0.15, 0.2) is 0 Å². The van der Waals surface area contributed by atoms with E-state index in [-0.39, 0.29) is 5.91 Å². The van der Waals surface area contributed by atoms with E-state index in [0.29, 0.717) is 29.4 Å². The highest BCUT2D eigenvalue weighted by Crippen LogP contribution is 2.26. The van der Waals surface area contributed by atoms with Gasteiger partial charge in [-0.25, -0.2) is 0 Å². The molecular weight excluding hydrogens is 412 g/mol. The Kier molecular flexibility index (Phi) is 5.91. The zero-order chi connectivity index (χ0) is 22.0. The summed E-state index contributed by atoms with van der Waals surface area (Å²) in [4.78, 5) is 15.1.